The maximum Gasteiger partial charge on any atom is 0.125 e. The fourth-order valence-electron chi connectivity index (χ4n) is 1.72. The lowest BCUT2D eigenvalue weighted by atomic mass is 10.1. The van der Waals surface area contributed by atoms with Crippen molar-refractivity contribution in [2.45, 2.75) is 18.9 Å². The van der Waals surface area contributed by atoms with Gasteiger partial charge in [-0.25, -0.2) is 4.39 Å². The Morgan fingerprint density at radius 1 is 1.33 bits per heavy atom. The number of hydrogen-bond donors (Lipinski definition) is 2. The Bertz CT molecular complexity index is 337. The third-order valence-corrected chi connectivity index (χ3v) is 2.60. The van der Waals surface area contributed by atoms with Crippen molar-refractivity contribution in [3.05, 3.63) is 24.0 Å². The average Bonchev–Trinajstić information content (AvgIpc) is 2.25. The highest BCUT2D eigenvalue weighted by Gasteiger charge is 2.14. The van der Waals surface area contributed by atoms with Gasteiger partial charge in [-0.1, -0.05) is 0 Å². The van der Waals surface area contributed by atoms with E-state index in [4.69, 9.17) is 10.5 Å². The van der Waals surface area contributed by atoms with Gasteiger partial charge in [0.25, 0.3) is 0 Å². The molecule has 4 heteroatoms. The molecular formula is C11H15FN2O. The van der Waals surface area contributed by atoms with E-state index in [0.717, 1.165) is 26.1 Å². The van der Waals surface area contributed by atoms with Crippen molar-refractivity contribution in [1.82, 2.24) is 0 Å². The third kappa shape index (κ3) is 2.59. The van der Waals surface area contributed by atoms with Crippen LogP contribution in [0.15, 0.2) is 18.2 Å². The molecule has 0 saturated carbocycles. The Balaban J connectivity index is 2.05. The summed E-state index contributed by atoms with van der Waals surface area (Å²) in [4.78, 5) is 0. The second kappa shape index (κ2) is 4.49. The summed E-state index contributed by atoms with van der Waals surface area (Å²) in [5.74, 6) is -0.265. The summed E-state index contributed by atoms with van der Waals surface area (Å²) in [5.41, 5.74) is 7.01. The fraction of sp³-hybridized carbons (Fsp3) is 0.455. The van der Waals surface area contributed by atoms with Crippen LogP contribution in [0.4, 0.5) is 15.8 Å². The number of anilines is 2. The SMILES string of the molecule is Nc1ccc(F)cc1NC1CCOCC1. The zero-order chi connectivity index (χ0) is 10.7. The van der Waals surface area contributed by atoms with E-state index >= 15 is 0 Å². The molecule has 1 saturated heterocycles. The van der Waals surface area contributed by atoms with Gasteiger partial charge in [-0.15, -0.1) is 0 Å². The molecule has 1 fully saturated rings. The van der Waals surface area contributed by atoms with Crippen LogP contribution in [-0.2, 0) is 4.74 Å². The van der Waals surface area contributed by atoms with Crippen LogP contribution in [0.2, 0.25) is 0 Å². The summed E-state index contributed by atoms with van der Waals surface area (Å²) >= 11 is 0. The molecule has 1 aliphatic heterocycles. The highest BCUT2D eigenvalue weighted by molar-refractivity contribution is 5.66. The number of ether oxygens (including phenoxy) is 1. The Hall–Kier alpha value is -1.29. The molecule has 0 atom stereocenters. The third-order valence-electron chi connectivity index (χ3n) is 2.60. The minimum absolute atomic E-state index is 0.265. The molecule has 0 amide bonds. The molecule has 0 aliphatic carbocycles. The van der Waals surface area contributed by atoms with Crippen LogP contribution in [0.25, 0.3) is 0 Å². The van der Waals surface area contributed by atoms with E-state index in [0.29, 0.717) is 17.4 Å². The molecule has 3 N–H and O–H groups in total. The molecule has 82 valence electrons. The molecule has 0 bridgehead atoms. The first-order valence-corrected chi connectivity index (χ1v) is 5.15. The van der Waals surface area contributed by atoms with E-state index in [9.17, 15) is 4.39 Å². The van der Waals surface area contributed by atoms with Gasteiger partial charge in [-0.3, -0.25) is 0 Å². The van der Waals surface area contributed by atoms with Crippen LogP contribution in [-0.4, -0.2) is 19.3 Å². The molecular weight excluding hydrogens is 195 g/mol. The predicted molar refractivity (Wildman–Crippen MR) is 58.3 cm³/mol. The van der Waals surface area contributed by atoms with Crippen molar-refractivity contribution >= 4 is 11.4 Å². The van der Waals surface area contributed by atoms with Gasteiger partial charge < -0.3 is 15.8 Å². The minimum Gasteiger partial charge on any atom is -0.397 e. The average molecular weight is 210 g/mol. The summed E-state index contributed by atoms with van der Waals surface area (Å²) in [6, 6.07) is 4.72. The first-order valence-electron chi connectivity index (χ1n) is 5.15. The molecule has 0 unspecified atom stereocenters. The molecule has 2 rings (SSSR count). The number of rotatable bonds is 2. The van der Waals surface area contributed by atoms with Crippen LogP contribution < -0.4 is 11.1 Å². The highest BCUT2D eigenvalue weighted by atomic mass is 19.1. The molecule has 0 spiro atoms. The van der Waals surface area contributed by atoms with E-state index in [-0.39, 0.29) is 5.82 Å². The smallest absolute Gasteiger partial charge is 0.125 e. The van der Waals surface area contributed by atoms with E-state index in [1.54, 1.807) is 6.07 Å². The van der Waals surface area contributed by atoms with Crippen LogP contribution in [0.5, 0.6) is 0 Å². The first kappa shape index (κ1) is 10.2. The Labute approximate surface area is 88.4 Å². The van der Waals surface area contributed by atoms with Gasteiger partial charge in [-0.2, -0.15) is 0 Å². The van der Waals surface area contributed by atoms with E-state index in [1.807, 2.05) is 0 Å². The molecule has 0 aromatic heterocycles. The first-order chi connectivity index (χ1) is 7.25. The second-order valence-electron chi connectivity index (χ2n) is 3.76. The lowest BCUT2D eigenvalue weighted by Crippen LogP contribution is -2.28. The zero-order valence-electron chi connectivity index (χ0n) is 8.50. The van der Waals surface area contributed by atoms with Crippen molar-refractivity contribution in [2.24, 2.45) is 0 Å². The van der Waals surface area contributed by atoms with Crippen molar-refractivity contribution < 1.29 is 9.13 Å². The van der Waals surface area contributed by atoms with Gasteiger partial charge in [0, 0.05) is 19.3 Å². The van der Waals surface area contributed by atoms with Crippen molar-refractivity contribution in [2.75, 3.05) is 24.3 Å². The largest absolute Gasteiger partial charge is 0.397 e. The van der Waals surface area contributed by atoms with E-state index in [1.165, 1.54) is 12.1 Å². The number of hydrogen-bond acceptors (Lipinski definition) is 3. The number of nitrogens with two attached hydrogens (primary N) is 1. The van der Waals surface area contributed by atoms with E-state index in [2.05, 4.69) is 5.32 Å². The standard InChI is InChI=1S/C11H15FN2O/c12-8-1-2-10(13)11(7-8)14-9-3-5-15-6-4-9/h1-2,7,9,14H,3-6,13H2. The lowest BCUT2D eigenvalue weighted by Gasteiger charge is -2.24. The van der Waals surface area contributed by atoms with Gasteiger partial charge in [-0.05, 0) is 31.0 Å². The second-order valence-corrected chi connectivity index (χ2v) is 3.76. The number of nitrogen functional groups attached to an aromatic ring is 1. The summed E-state index contributed by atoms with van der Waals surface area (Å²) in [7, 11) is 0. The van der Waals surface area contributed by atoms with Crippen molar-refractivity contribution in [1.29, 1.82) is 0 Å². The summed E-state index contributed by atoms with van der Waals surface area (Å²) < 4.78 is 18.2. The summed E-state index contributed by atoms with van der Waals surface area (Å²) in [5, 5.41) is 3.24. The number of nitrogens with one attached hydrogen (secondary N) is 1. The number of halogens is 1. The Morgan fingerprint density at radius 2 is 2.07 bits per heavy atom. The monoisotopic (exact) mass is 210 g/mol. The van der Waals surface area contributed by atoms with Crippen LogP contribution in [0, 0.1) is 5.82 Å². The van der Waals surface area contributed by atoms with Gasteiger partial charge in [0.15, 0.2) is 0 Å². The lowest BCUT2D eigenvalue weighted by molar-refractivity contribution is 0.0904. The summed E-state index contributed by atoms with van der Waals surface area (Å²) in [6.07, 6.45) is 1.88. The Kier molecular flexibility index (Phi) is 3.06. The predicted octanol–water partition coefficient (Wildman–Crippen LogP) is 2.00. The minimum atomic E-state index is -0.265. The topological polar surface area (TPSA) is 47.3 Å². The van der Waals surface area contributed by atoms with Crippen molar-refractivity contribution in [3.63, 3.8) is 0 Å². The molecule has 1 aliphatic rings. The maximum absolute atomic E-state index is 13.0. The molecule has 1 heterocycles. The fourth-order valence-corrected chi connectivity index (χ4v) is 1.72. The normalized spacial score (nSPS) is 17.7. The maximum atomic E-state index is 13.0. The van der Waals surface area contributed by atoms with Crippen LogP contribution in [0.3, 0.4) is 0 Å². The quantitative estimate of drug-likeness (QED) is 0.734. The molecule has 3 nitrogen and oxygen atoms in total. The van der Waals surface area contributed by atoms with Crippen LogP contribution >= 0.6 is 0 Å². The molecule has 1 aromatic carbocycles. The molecule has 0 radical (unpaired) electrons. The molecule has 1 aromatic rings. The van der Waals surface area contributed by atoms with Gasteiger partial charge in [0.1, 0.15) is 5.82 Å². The van der Waals surface area contributed by atoms with Gasteiger partial charge in [0.05, 0.1) is 11.4 Å². The zero-order valence-corrected chi connectivity index (χ0v) is 8.50. The molecule has 15 heavy (non-hydrogen) atoms. The van der Waals surface area contributed by atoms with E-state index < -0.39 is 0 Å². The summed E-state index contributed by atoms with van der Waals surface area (Å²) in [6.45, 7) is 1.51. The van der Waals surface area contributed by atoms with Crippen molar-refractivity contribution in [3.8, 4) is 0 Å². The van der Waals surface area contributed by atoms with Gasteiger partial charge in [0.2, 0.25) is 0 Å². The van der Waals surface area contributed by atoms with Gasteiger partial charge >= 0.3 is 0 Å². The number of benzene rings is 1. The highest BCUT2D eigenvalue weighted by Crippen LogP contribution is 2.22. The Morgan fingerprint density at radius 3 is 2.80 bits per heavy atom. The van der Waals surface area contributed by atoms with Crippen LogP contribution in [0.1, 0.15) is 12.8 Å².